The van der Waals surface area contributed by atoms with Crippen molar-refractivity contribution >= 4 is 22.4 Å². The molecule has 1 N–H and O–H groups in total. The summed E-state index contributed by atoms with van der Waals surface area (Å²) in [4.78, 5) is 25.3. The van der Waals surface area contributed by atoms with Crippen LogP contribution in [-0.2, 0) is 0 Å². The molecule has 4 aromatic rings. The van der Waals surface area contributed by atoms with E-state index in [4.69, 9.17) is 4.42 Å². The van der Waals surface area contributed by atoms with Gasteiger partial charge in [-0.05, 0) is 19.1 Å². The van der Waals surface area contributed by atoms with Gasteiger partial charge in [-0.15, -0.1) is 11.3 Å². The molecule has 0 radical (unpaired) electrons. The Bertz CT molecular complexity index is 1040. The molecule has 6 nitrogen and oxygen atoms in total. The third-order valence-corrected chi connectivity index (χ3v) is 4.51. The molecule has 0 bridgehead atoms. The first-order chi connectivity index (χ1) is 12.7. The highest BCUT2D eigenvalue weighted by atomic mass is 32.1. The molecule has 26 heavy (non-hydrogen) atoms. The topological polar surface area (TPSA) is 80.9 Å². The summed E-state index contributed by atoms with van der Waals surface area (Å²) >= 11 is 1.33. The zero-order valence-corrected chi connectivity index (χ0v) is 14.7. The second-order valence-corrected chi connectivity index (χ2v) is 6.46. The first-order valence-electron chi connectivity index (χ1n) is 7.89. The first-order valence-corrected chi connectivity index (χ1v) is 8.77. The molecular weight excluding hydrogens is 348 g/mol. The molecule has 0 saturated heterocycles. The number of thiazole rings is 1. The number of anilines is 1. The predicted molar refractivity (Wildman–Crippen MR) is 100.0 cm³/mol. The molecule has 0 atom stereocenters. The van der Waals surface area contributed by atoms with Crippen LogP contribution in [0.2, 0.25) is 0 Å². The SMILES string of the molecule is Cc1ccc(-c2ocnc2C(=O)Nc2nc(-c3ccccn3)cs2)cc1. The Hall–Kier alpha value is -3.32. The number of pyridine rings is 1. The van der Waals surface area contributed by atoms with Crippen molar-refractivity contribution in [3.8, 4) is 22.7 Å². The minimum Gasteiger partial charge on any atom is -0.443 e. The van der Waals surface area contributed by atoms with Crippen LogP contribution in [0.4, 0.5) is 5.13 Å². The van der Waals surface area contributed by atoms with Crippen molar-refractivity contribution in [2.45, 2.75) is 6.92 Å². The van der Waals surface area contributed by atoms with Gasteiger partial charge in [-0.3, -0.25) is 15.1 Å². The van der Waals surface area contributed by atoms with Crippen LogP contribution in [0.3, 0.4) is 0 Å². The van der Waals surface area contributed by atoms with Crippen LogP contribution in [0.25, 0.3) is 22.7 Å². The molecule has 128 valence electrons. The number of amides is 1. The van der Waals surface area contributed by atoms with E-state index in [9.17, 15) is 4.79 Å². The molecule has 7 heteroatoms. The lowest BCUT2D eigenvalue weighted by Gasteiger charge is -2.02. The number of oxazole rings is 1. The molecule has 1 aromatic carbocycles. The number of nitrogens with one attached hydrogen (secondary N) is 1. The maximum Gasteiger partial charge on any atom is 0.280 e. The number of nitrogens with zero attached hydrogens (tertiary/aromatic N) is 3. The summed E-state index contributed by atoms with van der Waals surface area (Å²) in [5, 5.41) is 5.10. The third kappa shape index (κ3) is 3.25. The fourth-order valence-corrected chi connectivity index (χ4v) is 3.14. The highest BCUT2D eigenvalue weighted by Gasteiger charge is 2.19. The number of carbonyl (C=O) groups excluding carboxylic acids is 1. The van der Waals surface area contributed by atoms with Gasteiger partial charge in [0.1, 0.15) is 5.69 Å². The van der Waals surface area contributed by atoms with Crippen molar-refractivity contribution in [2.75, 3.05) is 5.32 Å². The van der Waals surface area contributed by atoms with Gasteiger partial charge in [-0.1, -0.05) is 35.9 Å². The van der Waals surface area contributed by atoms with Gasteiger partial charge >= 0.3 is 0 Å². The Morgan fingerprint density at radius 1 is 1.08 bits per heavy atom. The van der Waals surface area contributed by atoms with Gasteiger partial charge in [0.25, 0.3) is 5.91 Å². The number of carbonyl (C=O) groups is 1. The molecule has 4 rings (SSSR count). The second-order valence-electron chi connectivity index (χ2n) is 5.60. The minimum atomic E-state index is -0.365. The summed E-state index contributed by atoms with van der Waals surface area (Å²) in [7, 11) is 0. The Morgan fingerprint density at radius 2 is 1.92 bits per heavy atom. The lowest BCUT2D eigenvalue weighted by atomic mass is 10.1. The molecule has 0 unspecified atom stereocenters. The standard InChI is InChI=1S/C19H14N4O2S/c1-12-5-7-13(8-6-12)17-16(21-11-25-17)18(24)23-19-22-15(10-26-19)14-4-2-3-9-20-14/h2-11H,1H3,(H,22,23,24). The van der Waals surface area contributed by atoms with Crippen LogP contribution in [0, 0.1) is 6.92 Å². The molecule has 0 aliphatic heterocycles. The van der Waals surface area contributed by atoms with Crippen molar-refractivity contribution in [3.63, 3.8) is 0 Å². The van der Waals surface area contributed by atoms with E-state index in [-0.39, 0.29) is 11.6 Å². The van der Waals surface area contributed by atoms with E-state index in [2.05, 4.69) is 20.3 Å². The highest BCUT2D eigenvalue weighted by molar-refractivity contribution is 7.14. The fraction of sp³-hybridized carbons (Fsp3) is 0.0526. The van der Waals surface area contributed by atoms with Gasteiger partial charge in [-0.2, -0.15) is 0 Å². The van der Waals surface area contributed by atoms with E-state index in [0.717, 1.165) is 16.8 Å². The monoisotopic (exact) mass is 362 g/mol. The van der Waals surface area contributed by atoms with E-state index in [1.165, 1.54) is 17.7 Å². The first kappa shape index (κ1) is 16.2. The summed E-state index contributed by atoms with van der Waals surface area (Å²) in [6.07, 6.45) is 2.97. The van der Waals surface area contributed by atoms with Crippen LogP contribution in [0.5, 0.6) is 0 Å². The van der Waals surface area contributed by atoms with E-state index >= 15 is 0 Å². The summed E-state index contributed by atoms with van der Waals surface area (Å²) in [5.41, 5.74) is 3.62. The number of rotatable bonds is 4. The Balaban J connectivity index is 1.56. The van der Waals surface area contributed by atoms with Crippen molar-refractivity contribution in [1.82, 2.24) is 15.0 Å². The quantitative estimate of drug-likeness (QED) is 0.581. The molecule has 0 aliphatic rings. The fourth-order valence-electron chi connectivity index (χ4n) is 2.44. The molecule has 0 fully saturated rings. The third-order valence-electron chi connectivity index (χ3n) is 3.75. The molecule has 0 spiro atoms. The number of aromatic nitrogens is 3. The number of benzene rings is 1. The Labute approximate surface area is 153 Å². The van der Waals surface area contributed by atoms with Crippen molar-refractivity contribution in [1.29, 1.82) is 0 Å². The maximum atomic E-state index is 12.6. The average molecular weight is 362 g/mol. The van der Waals surface area contributed by atoms with E-state index in [1.807, 2.05) is 54.8 Å². The lowest BCUT2D eigenvalue weighted by Crippen LogP contribution is -2.13. The Morgan fingerprint density at radius 3 is 2.69 bits per heavy atom. The van der Waals surface area contributed by atoms with E-state index < -0.39 is 0 Å². The molecule has 1 amide bonds. The van der Waals surface area contributed by atoms with Crippen molar-refractivity contribution < 1.29 is 9.21 Å². The van der Waals surface area contributed by atoms with Gasteiger partial charge in [0, 0.05) is 17.1 Å². The number of aryl methyl sites for hydroxylation is 1. The maximum absolute atomic E-state index is 12.6. The normalized spacial score (nSPS) is 10.7. The molecular formula is C19H14N4O2S. The summed E-state index contributed by atoms with van der Waals surface area (Å²) in [6, 6.07) is 13.3. The molecule has 3 heterocycles. The predicted octanol–water partition coefficient (Wildman–Crippen LogP) is 4.42. The van der Waals surface area contributed by atoms with Crippen LogP contribution >= 0.6 is 11.3 Å². The summed E-state index contributed by atoms with van der Waals surface area (Å²) in [5.74, 6) is 0.0697. The van der Waals surface area contributed by atoms with Gasteiger partial charge in [0.05, 0.1) is 5.69 Å². The van der Waals surface area contributed by atoms with Crippen LogP contribution in [0.1, 0.15) is 16.1 Å². The number of hydrogen-bond acceptors (Lipinski definition) is 6. The molecule has 0 saturated carbocycles. The summed E-state index contributed by atoms with van der Waals surface area (Å²) < 4.78 is 5.42. The minimum absolute atomic E-state index is 0.225. The van der Waals surface area contributed by atoms with Crippen molar-refractivity contribution in [2.24, 2.45) is 0 Å². The van der Waals surface area contributed by atoms with Gasteiger partial charge < -0.3 is 4.42 Å². The zero-order chi connectivity index (χ0) is 17.9. The molecule has 0 aliphatic carbocycles. The average Bonchev–Trinajstić information content (AvgIpc) is 3.33. The smallest absolute Gasteiger partial charge is 0.280 e. The highest BCUT2D eigenvalue weighted by Crippen LogP contribution is 2.26. The Kier molecular flexibility index (Phi) is 4.28. The van der Waals surface area contributed by atoms with Crippen LogP contribution in [0.15, 0.2) is 64.9 Å². The lowest BCUT2D eigenvalue weighted by molar-refractivity contribution is 0.102. The van der Waals surface area contributed by atoms with Crippen molar-refractivity contribution in [3.05, 3.63) is 71.7 Å². The number of hydrogen-bond donors (Lipinski definition) is 1. The van der Waals surface area contributed by atoms with E-state index in [1.54, 1.807) is 6.20 Å². The van der Waals surface area contributed by atoms with Crippen LogP contribution in [-0.4, -0.2) is 20.9 Å². The van der Waals surface area contributed by atoms with E-state index in [0.29, 0.717) is 16.6 Å². The zero-order valence-electron chi connectivity index (χ0n) is 13.8. The van der Waals surface area contributed by atoms with Crippen LogP contribution < -0.4 is 5.32 Å². The second kappa shape index (κ2) is 6.89. The largest absolute Gasteiger partial charge is 0.443 e. The van der Waals surface area contributed by atoms with Gasteiger partial charge in [0.15, 0.2) is 23.0 Å². The summed E-state index contributed by atoms with van der Waals surface area (Å²) in [6.45, 7) is 2.00. The van der Waals surface area contributed by atoms with Gasteiger partial charge in [-0.25, -0.2) is 9.97 Å². The van der Waals surface area contributed by atoms with Gasteiger partial charge in [0.2, 0.25) is 0 Å². The molecule has 3 aromatic heterocycles.